The van der Waals surface area contributed by atoms with Crippen molar-refractivity contribution < 1.29 is 18.7 Å². The second-order valence-electron chi connectivity index (χ2n) is 3.90. The van der Waals surface area contributed by atoms with Crippen LogP contribution in [-0.2, 0) is 13.0 Å². The van der Waals surface area contributed by atoms with Gasteiger partial charge >= 0.3 is 5.97 Å². The van der Waals surface area contributed by atoms with Crippen LogP contribution in [0.4, 0.5) is 8.78 Å². The third kappa shape index (κ3) is 1.86. The maximum absolute atomic E-state index is 13.3. The summed E-state index contributed by atoms with van der Waals surface area (Å²) >= 11 is 0. The van der Waals surface area contributed by atoms with E-state index in [0.717, 1.165) is 6.92 Å². The molecule has 0 bridgehead atoms. The molecule has 0 aliphatic heterocycles. The standard InChI is InChI=1S/C11H10F2N2O2/c1-11(12,13)9-7-4-3-6(10(16)17)5-8(7)15(2)14-9/h3-5H,1-2H3,(H,16,17). The molecule has 0 radical (unpaired) electrons. The van der Waals surface area contributed by atoms with E-state index in [1.807, 2.05) is 0 Å². The Morgan fingerprint density at radius 2 is 2.12 bits per heavy atom. The third-order valence-corrected chi connectivity index (χ3v) is 2.51. The lowest BCUT2D eigenvalue weighted by atomic mass is 10.1. The summed E-state index contributed by atoms with van der Waals surface area (Å²) in [6, 6.07) is 3.99. The SMILES string of the molecule is Cn1nc(C(C)(F)F)c2ccc(C(=O)O)cc21. The molecule has 2 aromatic rings. The van der Waals surface area contributed by atoms with Crippen LogP contribution in [0.25, 0.3) is 10.9 Å². The van der Waals surface area contributed by atoms with Crippen LogP contribution in [0.1, 0.15) is 23.0 Å². The lowest BCUT2D eigenvalue weighted by Crippen LogP contribution is -2.08. The van der Waals surface area contributed by atoms with Gasteiger partial charge in [0.15, 0.2) is 0 Å². The Morgan fingerprint density at radius 3 is 2.65 bits per heavy atom. The van der Waals surface area contributed by atoms with Crippen molar-refractivity contribution in [3.63, 3.8) is 0 Å². The number of carboxylic acid groups (broad SMARTS) is 1. The van der Waals surface area contributed by atoms with Crippen molar-refractivity contribution in [3.8, 4) is 0 Å². The second kappa shape index (κ2) is 3.51. The number of benzene rings is 1. The Balaban J connectivity index is 2.74. The van der Waals surface area contributed by atoms with Crippen LogP contribution in [0.15, 0.2) is 18.2 Å². The molecule has 0 saturated carbocycles. The zero-order valence-electron chi connectivity index (χ0n) is 9.24. The first-order valence-corrected chi connectivity index (χ1v) is 4.89. The molecule has 0 fully saturated rings. The maximum Gasteiger partial charge on any atom is 0.335 e. The number of aryl methyl sites for hydroxylation is 1. The number of aromatic nitrogens is 2. The Bertz CT molecular complexity index is 599. The van der Waals surface area contributed by atoms with Crippen LogP contribution in [0.3, 0.4) is 0 Å². The smallest absolute Gasteiger partial charge is 0.335 e. The van der Waals surface area contributed by atoms with E-state index in [9.17, 15) is 13.6 Å². The molecule has 0 spiro atoms. The predicted molar refractivity (Wildman–Crippen MR) is 57.2 cm³/mol. The minimum atomic E-state index is -3.05. The molecule has 0 unspecified atom stereocenters. The molecule has 1 heterocycles. The van der Waals surface area contributed by atoms with Crippen LogP contribution in [0.5, 0.6) is 0 Å². The fraction of sp³-hybridized carbons (Fsp3) is 0.273. The van der Waals surface area contributed by atoms with Crippen molar-refractivity contribution in [1.82, 2.24) is 9.78 Å². The number of aromatic carboxylic acids is 1. The molecule has 90 valence electrons. The van der Waals surface area contributed by atoms with Gasteiger partial charge in [0.2, 0.25) is 0 Å². The monoisotopic (exact) mass is 240 g/mol. The molecule has 1 N–H and O–H groups in total. The van der Waals surface area contributed by atoms with Crippen molar-refractivity contribution in [1.29, 1.82) is 0 Å². The average Bonchev–Trinajstić information content (AvgIpc) is 2.55. The summed E-state index contributed by atoms with van der Waals surface area (Å²) in [6.07, 6.45) is 0. The lowest BCUT2D eigenvalue weighted by molar-refractivity contribution is 0.0137. The molecule has 1 aromatic carbocycles. The minimum absolute atomic E-state index is 0.0477. The van der Waals surface area contributed by atoms with E-state index in [0.29, 0.717) is 5.52 Å². The number of hydrogen-bond donors (Lipinski definition) is 1. The fourth-order valence-corrected chi connectivity index (χ4v) is 1.71. The van der Waals surface area contributed by atoms with Gasteiger partial charge < -0.3 is 5.11 Å². The Morgan fingerprint density at radius 1 is 1.47 bits per heavy atom. The average molecular weight is 240 g/mol. The number of halogens is 2. The van der Waals surface area contributed by atoms with E-state index in [2.05, 4.69) is 5.10 Å². The Labute approximate surface area is 95.5 Å². The van der Waals surface area contributed by atoms with Crippen LogP contribution >= 0.6 is 0 Å². The summed E-state index contributed by atoms with van der Waals surface area (Å²) in [7, 11) is 1.50. The molecule has 17 heavy (non-hydrogen) atoms. The van der Waals surface area contributed by atoms with Crippen molar-refractivity contribution in [2.75, 3.05) is 0 Å². The Kier molecular flexibility index (Phi) is 2.38. The van der Waals surface area contributed by atoms with Crippen molar-refractivity contribution in [2.24, 2.45) is 7.05 Å². The van der Waals surface area contributed by atoms with E-state index < -0.39 is 11.9 Å². The molecule has 0 aliphatic carbocycles. The highest BCUT2D eigenvalue weighted by molar-refractivity contribution is 5.94. The molecule has 4 nitrogen and oxygen atoms in total. The van der Waals surface area contributed by atoms with E-state index in [4.69, 9.17) is 5.11 Å². The van der Waals surface area contributed by atoms with Gasteiger partial charge in [-0.25, -0.2) is 4.79 Å². The predicted octanol–water partition coefficient (Wildman–Crippen LogP) is 2.38. The summed E-state index contributed by atoms with van der Waals surface area (Å²) in [6.45, 7) is 0.764. The minimum Gasteiger partial charge on any atom is -0.478 e. The third-order valence-electron chi connectivity index (χ3n) is 2.51. The van der Waals surface area contributed by atoms with Gasteiger partial charge in [0.1, 0.15) is 5.69 Å². The van der Waals surface area contributed by atoms with Gasteiger partial charge in [-0.1, -0.05) is 0 Å². The van der Waals surface area contributed by atoms with E-state index in [-0.39, 0.29) is 16.6 Å². The van der Waals surface area contributed by atoms with Crippen molar-refractivity contribution in [2.45, 2.75) is 12.8 Å². The molecule has 1 aromatic heterocycles. The molecule has 2 rings (SSSR count). The summed E-state index contributed by atoms with van der Waals surface area (Å²) < 4.78 is 27.8. The largest absolute Gasteiger partial charge is 0.478 e. The summed E-state index contributed by atoms with van der Waals surface area (Å²) in [5.41, 5.74) is 0.0832. The number of hydrogen-bond acceptors (Lipinski definition) is 2. The molecular weight excluding hydrogens is 230 g/mol. The first kappa shape index (κ1) is 11.5. The van der Waals surface area contributed by atoms with E-state index in [1.54, 1.807) is 0 Å². The van der Waals surface area contributed by atoms with Crippen molar-refractivity contribution >= 4 is 16.9 Å². The highest BCUT2D eigenvalue weighted by Crippen LogP contribution is 2.32. The van der Waals surface area contributed by atoms with Crippen LogP contribution in [-0.4, -0.2) is 20.9 Å². The van der Waals surface area contributed by atoms with Crippen LogP contribution in [0, 0.1) is 0 Å². The number of fused-ring (bicyclic) bond motifs is 1. The van der Waals surface area contributed by atoms with Crippen molar-refractivity contribution in [3.05, 3.63) is 29.5 Å². The zero-order valence-corrected chi connectivity index (χ0v) is 9.24. The maximum atomic E-state index is 13.3. The summed E-state index contributed by atoms with van der Waals surface area (Å²) in [4.78, 5) is 10.8. The topological polar surface area (TPSA) is 55.1 Å². The van der Waals surface area contributed by atoms with Crippen LogP contribution in [0.2, 0.25) is 0 Å². The second-order valence-corrected chi connectivity index (χ2v) is 3.90. The number of rotatable bonds is 2. The van der Waals surface area contributed by atoms with Gasteiger partial charge in [0.25, 0.3) is 5.92 Å². The Hall–Kier alpha value is -1.98. The number of nitrogens with zero attached hydrogens (tertiary/aromatic N) is 2. The quantitative estimate of drug-likeness (QED) is 0.876. The normalized spacial score (nSPS) is 12.0. The molecular formula is C11H10F2N2O2. The van der Waals surface area contributed by atoms with Gasteiger partial charge in [-0.15, -0.1) is 0 Å². The number of alkyl halides is 2. The van der Waals surface area contributed by atoms with Crippen LogP contribution < -0.4 is 0 Å². The first-order valence-electron chi connectivity index (χ1n) is 4.89. The van der Waals surface area contributed by atoms with Gasteiger partial charge in [-0.3, -0.25) is 4.68 Å². The van der Waals surface area contributed by atoms with Gasteiger partial charge in [0, 0.05) is 19.4 Å². The first-order chi connectivity index (χ1) is 7.80. The zero-order chi connectivity index (χ0) is 12.8. The number of carbonyl (C=O) groups is 1. The molecule has 0 atom stereocenters. The molecule has 0 saturated heterocycles. The van der Waals surface area contributed by atoms with E-state index >= 15 is 0 Å². The van der Waals surface area contributed by atoms with Gasteiger partial charge in [0.05, 0.1) is 11.1 Å². The fourth-order valence-electron chi connectivity index (χ4n) is 1.71. The van der Waals surface area contributed by atoms with E-state index in [1.165, 1.54) is 29.9 Å². The van der Waals surface area contributed by atoms with Gasteiger partial charge in [-0.2, -0.15) is 13.9 Å². The van der Waals surface area contributed by atoms with Gasteiger partial charge in [-0.05, 0) is 18.2 Å². The molecule has 6 heteroatoms. The molecule has 0 aliphatic rings. The number of carboxylic acids is 1. The highest BCUT2D eigenvalue weighted by atomic mass is 19.3. The summed E-state index contributed by atoms with van der Waals surface area (Å²) in [5.74, 6) is -4.15. The highest BCUT2D eigenvalue weighted by Gasteiger charge is 2.30. The lowest BCUT2D eigenvalue weighted by Gasteiger charge is -2.06. The summed E-state index contributed by atoms with van der Waals surface area (Å²) in [5, 5.41) is 12.8. The molecule has 0 amide bonds.